The van der Waals surface area contributed by atoms with Crippen LogP contribution in [0, 0.1) is 11.8 Å². The Morgan fingerprint density at radius 1 is 1.05 bits per heavy atom. The Morgan fingerprint density at radius 3 is 2.43 bits per heavy atom. The molecule has 4 nitrogen and oxygen atoms in total. The van der Waals surface area contributed by atoms with Crippen LogP contribution in [0.4, 0.5) is 0 Å². The molecule has 0 radical (unpaired) electrons. The molecule has 4 heteroatoms. The molecule has 2 rings (SSSR count). The summed E-state index contributed by atoms with van der Waals surface area (Å²) in [5.74, 6) is -2.45. The zero-order valence-electron chi connectivity index (χ0n) is 12.2. The van der Waals surface area contributed by atoms with Crippen molar-refractivity contribution in [2.75, 3.05) is 0 Å². The Balaban J connectivity index is 2.08. The van der Waals surface area contributed by atoms with Crippen molar-refractivity contribution in [2.45, 2.75) is 20.4 Å². The largest absolute Gasteiger partial charge is 0.481 e. The zero-order valence-corrected chi connectivity index (χ0v) is 12.2. The molecule has 110 valence electrons. The average Bonchev–Trinajstić information content (AvgIpc) is 2.50. The van der Waals surface area contributed by atoms with Gasteiger partial charge >= 0.3 is 5.97 Å². The minimum atomic E-state index is -0.956. The maximum absolute atomic E-state index is 12.0. The van der Waals surface area contributed by atoms with Crippen molar-refractivity contribution in [3.8, 4) is 0 Å². The Kier molecular flexibility index (Phi) is 4.58. The van der Waals surface area contributed by atoms with E-state index in [9.17, 15) is 9.59 Å². The smallest absolute Gasteiger partial charge is 0.307 e. The summed E-state index contributed by atoms with van der Waals surface area (Å²) in [4.78, 5) is 22.9. The van der Waals surface area contributed by atoms with E-state index in [-0.39, 0.29) is 5.91 Å². The number of nitrogens with one attached hydrogen (secondary N) is 1. The van der Waals surface area contributed by atoms with Crippen LogP contribution in [0.1, 0.15) is 19.4 Å². The average molecular weight is 285 g/mol. The highest BCUT2D eigenvalue weighted by Crippen LogP contribution is 2.18. The molecule has 2 atom stereocenters. The number of fused-ring (bicyclic) bond motifs is 1. The molecule has 0 fully saturated rings. The van der Waals surface area contributed by atoms with E-state index in [2.05, 4.69) is 5.32 Å². The standard InChI is InChI=1S/C17H19NO3/c1-11(12(2)17(20)21)16(19)18-10-14-8-5-7-13-6-3-4-9-15(13)14/h3-9,11-12H,10H2,1-2H3,(H,18,19)(H,20,21). The summed E-state index contributed by atoms with van der Waals surface area (Å²) in [5, 5.41) is 14.0. The van der Waals surface area contributed by atoms with Gasteiger partial charge in [-0.3, -0.25) is 9.59 Å². The lowest BCUT2D eigenvalue weighted by atomic mass is 9.95. The molecule has 2 unspecified atom stereocenters. The van der Waals surface area contributed by atoms with Crippen LogP contribution in [0.5, 0.6) is 0 Å². The molecule has 0 aliphatic rings. The highest BCUT2D eigenvalue weighted by Gasteiger charge is 2.25. The molecular weight excluding hydrogens is 266 g/mol. The second-order valence-corrected chi connectivity index (χ2v) is 5.27. The summed E-state index contributed by atoms with van der Waals surface area (Å²) in [5.41, 5.74) is 1.02. The van der Waals surface area contributed by atoms with Crippen LogP contribution >= 0.6 is 0 Å². The fourth-order valence-electron chi connectivity index (χ4n) is 2.23. The molecule has 2 aromatic rings. The number of hydrogen-bond acceptors (Lipinski definition) is 2. The van der Waals surface area contributed by atoms with Gasteiger partial charge in [-0.15, -0.1) is 0 Å². The van der Waals surface area contributed by atoms with Crippen molar-refractivity contribution in [3.05, 3.63) is 48.0 Å². The Hall–Kier alpha value is -2.36. The van der Waals surface area contributed by atoms with Crippen LogP contribution in [0.25, 0.3) is 10.8 Å². The summed E-state index contributed by atoms with van der Waals surface area (Å²) >= 11 is 0. The topological polar surface area (TPSA) is 66.4 Å². The van der Waals surface area contributed by atoms with Crippen LogP contribution in [0.2, 0.25) is 0 Å². The van der Waals surface area contributed by atoms with Crippen molar-refractivity contribution in [1.82, 2.24) is 5.32 Å². The molecule has 2 aromatic carbocycles. The van der Waals surface area contributed by atoms with Crippen molar-refractivity contribution >= 4 is 22.6 Å². The van der Waals surface area contributed by atoms with E-state index >= 15 is 0 Å². The molecule has 21 heavy (non-hydrogen) atoms. The lowest BCUT2D eigenvalue weighted by Crippen LogP contribution is -2.34. The second-order valence-electron chi connectivity index (χ2n) is 5.27. The Bertz CT molecular complexity index is 661. The molecule has 0 bridgehead atoms. The molecule has 0 aromatic heterocycles. The number of carbonyl (C=O) groups is 2. The summed E-state index contributed by atoms with van der Waals surface area (Å²) in [6.45, 7) is 3.58. The predicted molar refractivity (Wildman–Crippen MR) is 81.8 cm³/mol. The molecule has 0 saturated heterocycles. The SMILES string of the molecule is CC(C(=O)O)C(C)C(=O)NCc1cccc2ccccc12. The van der Waals surface area contributed by atoms with E-state index < -0.39 is 17.8 Å². The normalized spacial score (nSPS) is 13.6. The fraction of sp³-hybridized carbons (Fsp3) is 0.294. The molecule has 0 heterocycles. The van der Waals surface area contributed by atoms with Crippen molar-refractivity contribution in [2.24, 2.45) is 11.8 Å². The number of rotatable bonds is 5. The lowest BCUT2D eigenvalue weighted by Gasteiger charge is -2.16. The van der Waals surface area contributed by atoms with Gasteiger partial charge in [-0.25, -0.2) is 0 Å². The van der Waals surface area contributed by atoms with E-state index in [4.69, 9.17) is 5.11 Å². The van der Waals surface area contributed by atoms with E-state index in [1.165, 1.54) is 0 Å². The van der Waals surface area contributed by atoms with Gasteiger partial charge in [0.1, 0.15) is 0 Å². The third-order valence-electron chi connectivity index (χ3n) is 3.89. The molecule has 1 amide bonds. The summed E-state index contributed by atoms with van der Waals surface area (Å²) in [6.07, 6.45) is 0. The lowest BCUT2D eigenvalue weighted by molar-refractivity contribution is -0.146. The first kappa shape index (κ1) is 15.0. The predicted octanol–water partition coefficient (Wildman–Crippen LogP) is 2.81. The molecule has 0 spiro atoms. The number of hydrogen-bond donors (Lipinski definition) is 2. The summed E-state index contributed by atoms with van der Waals surface area (Å²) < 4.78 is 0. The quantitative estimate of drug-likeness (QED) is 0.887. The third-order valence-corrected chi connectivity index (χ3v) is 3.89. The van der Waals surface area contributed by atoms with Crippen LogP contribution in [0.3, 0.4) is 0 Å². The maximum atomic E-state index is 12.0. The number of carboxylic acids is 1. The van der Waals surface area contributed by atoms with Gasteiger partial charge < -0.3 is 10.4 Å². The van der Waals surface area contributed by atoms with Gasteiger partial charge in [0, 0.05) is 12.5 Å². The van der Waals surface area contributed by atoms with Gasteiger partial charge in [-0.1, -0.05) is 56.3 Å². The monoisotopic (exact) mass is 285 g/mol. The molecule has 2 N–H and O–H groups in total. The van der Waals surface area contributed by atoms with Crippen LogP contribution in [-0.4, -0.2) is 17.0 Å². The van der Waals surface area contributed by atoms with E-state index in [1.807, 2.05) is 42.5 Å². The highest BCUT2D eigenvalue weighted by molar-refractivity contribution is 5.87. The van der Waals surface area contributed by atoms with Gasteiger partial charge in [0.15, 0.2) is 0 Å². The minimum absolute atomic E-state index is 0.238. The van der Waals surface area contributed by atoms with Crippen molar-refractivity contribution in [3.63, 3.8) is 0 Å². The minimum Gasteiger partial charge on any atom is -0.481 e. The van der Waals surface area contributed by atoms with E-state index in [0.29, 0.717) is 6.54 Å². The highest BCUT2D eigenvalue weighted by atomic mass is 16.4. The van der Waals surface area contributed by atoms with Crippen molar-refractivity contribution < 1.29 is 14.7 Å². The molecule has 0 aliphatic heterocycles. The first-order valence-corrected chi connectivity index (χ1v) is 6.98. The molecular formula is C17H19NO3. The van der Waals surface area contributed by atoms with E-state index in [0.717, 1.165) is 16.3 Å². The number of carbonyl (C=O) groups excluding carboxylic acids is 1. The Morgan fingerprint density at radius 2 is 1.71 bits per heavy atom. The van der Waals surface area contributed by atoms with Gasteiger partial charge in [-0.05, 0) is 16.3 Å². The van der Waals surface area contributed by atoms with E-state index in [1.54, 1.807) is 13.8 Å². The summed E-state index contributed by atoms with van der Waals surface area (Å²) in [6, 6.07) is 13.9. The van der Waals surface area contributed by atoms with Gasteiger partial charge in [-0.2, -0.15) is 0 Å². The third kappa shape index (κ3) is 3.40. The van der Waals surface area contributed by atoms with Crippen molar-refractivity contribution in [1.29, 1.82) is 0 Å². The van der Waals surface area contributed by atoms with Crippen LogP contribution in [0.15, 0.2) is 42.5 Å². The second kappa shape index (κ2) is 6.39. The zero-order chi connectivity index (χ0) is 15.4. The first-order valence-electron chi connectivity index (χ1n) is 6.98. The van der Waals surface area contributed by atoms with Crippen LogP contribution in [-0.2, 0) is 16.1 Å². The summed E-state index contributed by atoms with van der Waals surface area (Å²) in [7, 11) is 0. The number of aliphatic carboxylic acids is 1. The van der Waals surface area contributed by atoms with Gasteiger partial charge in [0.05, 0.1) is 5.92 Å². The number of amides is 1. The number of carboxylic acid groups (broad SMARTS) is 1. The first-order chi connectivity index (χ1) is 10.0. The Labute approximate surface area is 123 Å². The maximum Gasteiger partial charge on any atom is 0.307 e. The van der Waals surface area contributed by atoms with Crippen LogP contribution < -0.4 is 5.32 Å². The van der Waals surface area contributed by atoms with Gasteiger partial charge in [0.2, 0.25) is 5.91 Å². The molecule has 0 aliphatic carbocycles. The number of benzene rings is 2. The fourth-order valence-corrected chi connectivity index (χ4v) is 2.23. The van der Waals surface area contributed by atoms with Gasteiger partial charge in [0.25, 0.3) is 0 Å². The molecule has 0 saturated carbocycles.